The fourth-order valence-electron chi connectivity index (χ4n) is 0.819. The molecule has 0 bridgehead atoms. The maximum atomic E-state index is 10.1. The van der Waals surface area contributed by atoms with Crippen LogP contribution in [0.1, 0.15) is 6.42 Å². The van der Waals surface area contributed by atoms with Crippen molar-refractivity contribution >= 4 is 5.97 Å². The first-order chi connectivity index (χ1) is 5.79. The van der Waals surface area contributed by atoms with E-state index in [9.17, 15) is 4.79 Å². The SMILES string of the molecule is O=C(O)COC1=CC=CC=CC1. The number of allylic oxidation sites excluding steroid dienone is 5. The van der Waals surface area contributed by atoms with E-state index in [1.54, 1.807) is 6.08 Å². The summed E-state index contributed by atoms with van der Waals surface area (Å²) in [5, 5.41) is 8.33. The van der Waals surface area contributed by atoms with E-state index in [0.717, 1.165) is 0 Å². The minimum atomic E-state index is -0.951. The van der Waals surface area contributed by atoms with Gasteiger partial charge in [-0.05, 0) is 6.08 Å². The standard InChI is InChI=1S/C9H10O3/c10-9(11)7-12-8-5-3-1-2-4-6-8/h1-5H,6-7H2,(H,10,11). The Balaban J connectivity index is 2.41. The van der Waals surface area contributed by atoms with Gasteiger partial charge in [0.05, 0.1) is 0 Å². The monoisotopic (exact) mass is 166 g/mol. The predicted molar refractivity (Wildman–Crippen MR) is 44.6 cm³/mol. The van der Waals surface area contributed by atoms with Gasteiger partial charge in [-0.3, -0.25) is 0 Å². The number of carboxylic acids is 1. The highest BCUT2D eigenvalue weighted by molar-refractivity contribution is 5.68. The van der Waals surface area contributed by atoms with Crippen molar-refractivity contribution in [3.8, 4) is 0 Å². The Kier molecular flexibility index (Phi) is 3.14. The molecule has 0 heterocycles. The Hall–Kier alpha value is -1.51. The van der Waals surface area contributed by atoms with Crippen molar-refractivity contribution in [1.29, 1.82) is 0 Å². The molecule has 0 fully saturated rings. The minimum absolute atomic E-state index is 0.270. The highest BCUT2D eigenvalue weighted by Crippen LogP contribution is 2.07. The normalized spacial score (nSPS) is 15.2. The molecule has 0 aromatic rings. The van der Waals surface area contributed by atoms with Gasteiger partial charge in [0.1, 0.15) is 5.76 Å². The smallest absolute Gasteiger partial charge is 0.341 e. The number of hydrogen-bond donors (Lipinski definition) is 1. The van der Waals surface area contributed by atoms with Crippen molar-refractivity contribution in [2.24, 2.45) is 0 Å². The number of hydrogen-bond acceptors (Lipinski definition) is 2. The second-order valence-electron chi connectivity index (χ2n) is 2.33. The molecule has 0 unspecified atom stereocenters. The summed E-state index contributed by atoms with van der Waals surface area (Å²) in [5.41, 5.74) is 0. The molecular formula is C9H10O3. The average molecular weight is 166 g/mol. The second kappa shape index (κ2) is 4.38. The molecule has 0 aliphatic heterocycles. The predicted octanol–water partition coefficient (Wildman–Crippen LogP) is 1.49. The first kappa shape index (κ1) is 8.59. The zero-order chi connectivity index (χ0) is 8.81. The van der Waals surface area contributed by atoms with Crippen molar-refractivity contribution in [2.75, 3.05) is 6.61 Å². The summed E-state index contributed by atoms with van der Waals surface area (Å²) >= 11 is 0. The molecule has 12 heavy (non-hydrogen) atoms. The van der Waals surface area contributed by atoms with Gasteiger partial charge in [-0.2, -0.15) is 0 Å². The van der Waals surface area contributed by atoms with Gasteiger partial charge in [0.15, 0.2) is 6.61 Å². The molecule has 0 saturated heterocycles. The minimum Gasteiger partial charge on any atom is -0.486 e. The number of carbonyl (C=O) groups is 1. The van der Waals surface area contributed by atoms with E-state index >= 15 is 0 Å². The van der Waals surface area contributed by atoms with Gasteiger partial charge >= 0.3 is 5.97 Å². The molecule has 3 heteroatoms. The Morgan fingerprint density at radius 2 is 2.33 bits per heavy atom. The van der Waals surface area contributed by atoms with Crippen LogP contribution in [0.25, 0.3) is 0 Å². The zero-order valence-electron chi connectivity index (χ0n) is 6.56. The molecule has 0 saturated carbocycles. The molecule has 1 rings (SSSR count). The van der Waals surface area contributed by atoms with Gasteiger partial charge in [-0.25, -0.2) is 4.79 Å². The lowest BCUT2D eigenvalue weighted by molar-refractivity contribution is -0.140. The van der Waals surface area contributed by atoms with E-state index in [1.165, 1.54) is 0 Å². The van der Waals surface area contributed by atoms with Gasteiger partial charge in [-0.1, -0.05) is 24.3 Å². The summed E-state index contributed by atoms with van der Waals surface area (Å²) in [4.78, 5) is 10.1. The van der Waals surface area contributed by atoms with Crippen LogP contribution >= 0.6 is 0 Å². The fourth-order valence-corrected chi connectivity index (χ4v) is 0.819. The van der Waals surface area contributed by atoms with Crippen LogP contribution in [0, 0.1) is 0 Å². The van der Waals surface area contributed by atoms with Crippen molar-refractivity contribution in [2.45, 2.75) is 6.42 Å². The van der Waals surface area contributed by atoms with E-state index in [1.807, 2.05) is 24.3 Å². The van der Waals surface area contributed by atoms with Gasteiger partial charge in [-0.15, -0.1) is 0 Å². The van der Waals surface area contributed by atoms with Crippen molar-refractivity contribution in [3.63, 3.8) is 0 Å². The number of ether oxygens (including phenoxy) is 1. The van der Waals surface area contributed by atoms with Crippen molar-refractivity contribution in [3.05, 3.63) is 36.1 Å². The van der Waals surface area contributed by atoms with Crippen molar-refractivity contribution in [1.82, 2.24) is 0 Å². The molecule has 1 N–H and O–H groups in total. The van der Waals surface area contributed by atoms with Crippen LogP contribution in [0.3, 0.4) is 0 Å². The Labute approximate surface area is 70.7 Å². The van der Waals surface area contributed by atoms with Crippen LogP contribution in [-0.4, -0.2) is 17.7 Å². The lowest BCUT2D eigenvalue weighted by atomic mass is 10.3. The molecule has 1 aliphatic carbocycles. The number of carboxylic acid groups (broad SMARTS) is 1. The maximum Gasteiger partial charge on any atom is 0.341 e. The first-order valence-electron chi connectivity index (χ1n) is 3.66. The summed E-state index contributed by atoms with van der Waals surface area (Å²) in [6, 6.07) is 0. The summed E-state index contributed by atoms with van der Waals surface area (Å²) < 4.78 is 4.98. The first-order valence-corrected chi connectivity index (χ1v) is 3.66. The van der Waals surface area contributed by atoms with Gasteiger partial charge in [0.25, 0.3) is 0 Å². The number of aliphatic carboxylic acids is 1. The third-order valence-electron chi connectivity index (χ3n) is 1.34. The topological polar surface area (TPSA) is 46.5 Å². The largest absolute Gasteiger partial charge is 0.486 e. The second-order valence-corrected chi connectivity index (χ2v) is 2.33. The average Bonchev–Trinajstić information content (AvgIpc) is 2.28. The maximum absolute atomic E-state index is 10.1. The molecular weight excluding hydrogens is 156 g/mol. The molecule has 0 amide bonds. The van der Waals surface area contributed by atoms with Crippen LogP contribution in [0.5, 0.6) is 0 Å². The number of rotatable bonds is 3. The summed E-state index contributed by atoms with van der Waals surface area (Å²) in [6.07, 6.45) is 9.92. The Bertz CT molecular complexity index is 248. The van der Waals surface area contributed by atoms with Gasteiger partial charge in [0, 0.05) is 6.42 Å². The van der Waals surface area contributed by atoms with Gasteiger partial charge in [0.2, 0.25) is 0 Å². The molecule has 0 atom stereocenters. The van der Waals surface area contributed by atoms with E-state index in [4.69, 9.17) is 9.84 Å². The summed E-state index contributed by atoms with van der Waals surface area (Å²) in [5.74, 6) is -0.268. The quantitative estimate of drug-likeness (QED) is 0.690. The lowest BCUT2D eigenvalue weighted by Gasteiger charge is -2.03. The van der Waals surface area contributed by atoms with Crippen LogP contribution in [0.4, 0.5) is 0 Å². The van der Waals surface area contributed by atoms with Gasteiger partial charge < -0.3 is 9.84 Å². The fraction of sp³-hybridized carbons (Fsp3) is 0.222. The van der Waals surface area contributed by atoms with E-state index < -0.39 is 5.97 Å². The molecule has 0 aromatic heterocycles. The molecule has 0 spiro atoms. The van der Waals surface area contributed by atoms with E-state index in [0.29, 0.717) is 12.2 Å². The summed E-state index contributed by atoms with van der Waals surface area (Å²) in [7, 11) is 0. The van der Waals surface area contributed by atoms with Crippen LogP contribution in [-0.2, 0) is 9.53 Å². The molecule has 3 nitrogen and oxygen atoms in total. The molecule has 0 radical (unpaired) electrons. The third kappa shape index (κ3) is 3.05. The summed E-state index contributed by atoms with van der Waals surface area (Å²) in [6.45, 7) is -0.270. The highest BCUT2D eigenvalue weighted by atomic mass is 16.5. The Morgan fingerprint density at radius 3 is 3.08 bits per heavy atom. The van der Waals surface area contributed by atoms with Crippen LogP contribution < -0.4 is 0 Å². The third-order valence-corrected chi connectivity index (χ3v) is 1.34. The van der Waals surface area contributed by atoms with E-state index in [-0.39, 0.29) is 6.61 Å². The van der Waals surface area contributed by atoms with Crippen molar-refractivity contribution < 1.29 is 14.6 Å². The van der Waals surface area contributed by atoms with Crippen LogP contribution in [0.15, 0.2) is 36.1 Å². The van der Waals surface area contributed by atoms with E-state index in [2.05, 4.69) is 0 Å². The lowest BCUT2D eigenvalue weighted by Crippen LogP contribution is -2.06. The van der Waals surface area contributed by atoms with Crippen LogP contribution in [0.2, 0.25) is 0 Å². The molecule has 1 aliphatic rings. The molecule has 0 aromatic carbocycles. The molecule has 64 valence electrons. The zero-order valence-corrected chi connectivity index (χ0v) is 6.56. The highest BCUT2D eigenvalue weighted by Gasteiger charge is 2.00. The Morgan fingerprint density at radius 1 is 1.50 bits per heavy atom.